The maximum absolute atomic E-state index is 12.1. The number of nitrogen functional groups attached to an aromatic ring is 1. The molecule has 0 spiro atoms. The van der Waals surface area contributed by atoms with Gasteiger partial charge in [-0.3, -0.25) is 9.69 Å². The van der Waals surface area contributed by atoms with Crippen LogP contribution in [0.5, 0.6) is 0 Å². The highest BCUT2D eigenvalue weighted by atomic mass is 79.9. The average Bonchev–Trinajstić information content (AvgIpc) is 2.82. The lowest BCUT2D eigenvalue weighted by molar-refractivity contribution is -0.119. The van der Waals surface area contributed by atoms with Crippen molar-refractivity contribution in [1.29, 1.82) is 0 Å². The van der Waals surface area contributed by atoms with Gasteiger partial charge >= 0.3 is 6.09 Å². The van der Waals surface area contributed by atoms with E-state index < -0.39 is 12.1 Å². The molecule has 0 radical (unpaired) electrons. The molecule has 1 aromatic rings. The van der Waals surface area contributed by atoms with Crippen molar-refractivity contribution in [2.24, 2.45) is 0 Å². The summed E-state index contributed by atoms with van der Waals surface area (Å²) in [4.78, 5) is 28.1. The van der Waals surface area contributed by atoms with Crippen molar-refractivity contribution >= 4 is 39.4 Å². The van der Waals surface area contributed by atoms with Crippen molar-refractivity contribution in [2.45, 2.75) is 18.9 Å². The Morgan fingerprint density at radius 3 is 2.89 bits per heavy atom. The van der Waals surface area contributed by atoms with Gasteiger partial charge in [0, 0.05) is 6.54 Å². The van der Waals surface area contributed by atoms with Gasteiger partial charge in [-0.05, 0) is 40.9 Å². The summed E-state index contributed by atoms with van der Waals surface area (Å²) in [5.41, 5.74) is 6.06. The van der Waals surface area contributed by atoms with E-state index in [-0.39, 0.29) is 11.7 Å². The zero-order valence-electron chi connectivity index (χ0n) is 9.97. The first-order valence-electron chi connectivity index (χ1n) is 5.71. The van der Waals surface area contributed by atoms with Gasteiger partial charge in [-0.15, -0.1) is 0 Å². The summed E-state index contributed by atoms with van der Waals surface area (Å²) in [7, 11) is 0. The predicted octanol–water partition coefficient (Wildman–Crippen LogP) is 1.51. The lowest BCUT2D eigenvalue weighted by Crippen LogP contribution is -2.42. The second-order valence-electron chi connectivity index (χ2n) is 4.19. The molecule has 19 heavy (non-hydrogen) atoms. The minimum atomic E-state index is -1.08. The van der Waals surface area contributed by atoms with Crippen molar-refractivity contribution in [3.63, 3.8) is 0 Å². The number of hydrogen-bond acceptors (Lipinski definition) is 4. The minimum absolute atomic E-state index is 0.183. The van der Waals surface area contributed by atoms with E-state index >= 15 is 0 Å². The van der Waals surface area contributed by atoms with E-state index in [1.54, 1.807) is 12.1 Å². The number of anilines is 2. The van der Waals surface area contributed by atoms with Crippen molar-refractivity contribution in [3.05, 3.63) is 16.7 Å². The molecular weight excluding hydrogens is 316 g/mol. The van der Waals surface area contributed by atoms with Crippen LogP contribution >= 0.6 is 15.9 Å². The number of carboxylic acid groups (broad SMARTS) is 1. The molecular formula is C11H13BrN4O3. The second kappa shape index (κ2) is 5.43. The molecule has 2 heterocycles. The number of carbonyl (C=O) groups excluding carboxylic acids is 1. The topological polar surface area (TPSA) is 109 Å². The third kappa shape index (κ3) is 2.95. The zero-order valence-corrected chi connectivity index (χ0v) is 11.6. The van der Waals surface area contributed by atoms with Crippen LogP contribution in [0, 0.1) is 0 Å². The smallest absolute Gasteiger partial charge is 0.407 e. The fourth-order valence-corrected chi connectivity index (χ4v) is 2.36. The first-order chi connectivity index (χ1) is 8.99. The molecule has 0 saturated carbocycles. The third-order valence-corrected chi connectivity index (χ3v) is 3.39. The van der Waals surface area contributed by atoms with E-state index in [1.807, 2.05) is 0 Å². The molecule has 1 saturated heterocycles. The number of nitrogens with two attached hydrogens (primary N) is 1. The number of nitrogens with one attached hydrogen (secondary N) is 1. The number of amides is 2. The lowest BCUT2D eigenvalue weighted by atomic mass is 10.2. The van der Waals surface area contributed by atoms with Crippen LogP contribution in [-0.4, -0.2) is 39.6 Å². The Morgan fingerprint density at radius 1 is 1.53 bits per heavy atom. The second-order valence-corrected chi connectivity index (χ2v) is 5.00. The number of halogens is 1. The van der Waals surface area contributed by atoms with Crippen LogP contribution in [-0.2, 0) is 4.79 Å². The molecule has 2 rings (SSSR count). The summed E-state index contributed by atoms with van der Waals surface area (Å²) >= 11 is 3.17. The van der Waals surface area contributed by atoms with E-state index in [0.29, 0.717) is 29.7 Å². The minimum Gasteiger partial charge on any atom is -0.465 e. The van der Waals surface area contributed by atoms with Crippen LogP contribution in [0.25, 0.3) is 0 Å². The molecule has 1 aliphatic heterocycles. The maximum atomic E-state index is 12.1. The van der Waals surface area contributed by atoms with Crippen molar-refractivity contribution in [1.82, 2.24) is 9.88 Å². The Balaban J connectivity index is 2.10. The van der Waals surface area contributed by atoms with Crippen molar-refractivity contribution in [2.75, 3.05) is 17.6 Å². The zero-order chi connectivity index (χ0) is 14.0. The van der Waals surface area contributed by atoms with E-state index in [0.717, 1.165) is 4.90 Å². The highest BCUT2D eigenvalue weighted by Gasteiger charge is 2.34. The number of likely N-dealkylation sites (tertiary alicyclic amines) is 1. The monoisotopic (exact) mass is 328 g/mol. The van der Waals surface area contributed by atoms with E-state index in [4.69, 9.17) is 10.8 Å². The quantitative estimate of drug-likeness (QED) is 0.713. The third-order valence-electron chi connectivity index (χ3n) is 2.95. The van der Waals surface area contributed by atoms with Crippen LogP contribution in [0.15, 0.2) is 16.7 Å². The lowest BCUT2D eigenvalue weighted by Gasteiger charge is -2.20. The summed E-state index contributed by atoms with van der Waals surface area (Å²) < 4.78 is 0.566. The molecule has 2 amide bonds. The van der Waals surface area contributed by atoms with Gasteiger partial charge in [-0.25, -0.2) is 9.78 Å². The number of pyridine rings is 1. The van der Waals surface area contributed by atoms with Gasteiger partial charge in [0.25, 0.3) is 0 Å². The Bertz CT molecular complexity index is 523. The van der Waals surface area contributed by atoms with Gasteiger partial charge < -0.3 is 16.2 Å². The number of hydrogen-bond donors (Lipinski definition) is 3. The van der Waals surface area contributed by atoms with Gasteiger partial charge in [0.05, 0.1) is 5.69 Å². The normalized spacial score (nSPS) is 18.4. The molecule has 0 bridgehead atoms. The summed E-state index contributed by atoms with van der Waals surface area (Å²) in [5, 5.41) is 11.6. The first-order valence-corrected chi connectivity index (χ1v) is 6.51. The first kappa shape index (κ1) is 13.6. The van der Waals surface area contributed by atoms with E-state index in [1.165, 1.54) is 0 Å². The number of carbonyl (C=O) groups is 2. The van der Waals surface area contributed by atoms with Crippen LogP contribution in [0.4, 0.5) is 16.3 Å². The Hall–Kier alpha value is -1.83. The molecule has 1 fully saturated rings. The Labute approximate surface area is 117 Å². The summed E-state index contributed by atoms with van der Waals surface area (Å²) in [6, 6.07) is 2.60. The predicted molar refractivity (Wildman–Crippen MR) is 72.7 cm³/mol. The molecule has 102 valence electrons. The van der Waals surface area contributed by atoms with Crippen LogP contribution in [0.1, 0.15) is 12.8 Å². The summed E-state index contributed by atoms with van der Waals surface area (Å²) in [6.45, 7) is 0.376. The van der Waals surface area contributed by atoms with Gasteiger partial charge in [-0.1, -0.05) is 0 Å². The van der Waals surface area contributed by atoms with E-state index in [9.17, 15) is 9.59 Å². The van der Waals surface area contributed by atoms with Crippen LogP contribution in [0.2, 0.25) is 0 Å². The molecule has 4 N–H and O–H groups in total. The fraction of sp³-hybridized carbons (Fsp3) is 0.364. The number of nitrogens with zero attached hydrogens (tertiary/aromatic N) is 2. The van der Waals surface area contributed by atoms with Gasteiger partial charge in [0.2, 0.25) is 5.91 Å². The van der Waals surface area contributed by atoms with Gasteiger partial charge in [-0.2, -0.15) is 0 Å². The molecule has 1 atom stereocenters. The number of aromatic nitrogens is 1. The van der Waals surface area contributed by atoms with Crippen molar-refractivity contribution in [3.8, 4) is 0 Å². The van der Waals surface area contributed by atoms with Gasteiger partial charge in [0.15, 0.2) is 0 Å². The molecule has 8 heteroatoms. The van der Waals surface area contributed by atoms with Crippen LogP contribution in [0.3, 0.4) is 0 Å². The largest absolute Gasteiger partial charge is 0.465 e. The average molecular weight is 329 g/mol. The summed E-state index contributed by atoms with van der Waals surface area (Å²) in [6.07, 6.45) is 0.111. The SMILES string of the molecule is Nc1nc(Br)ccc1NC(=O)[C@@H]1CCCN1C(=O)O. The van der Waals surface area contributed by atoms with Crippen molar-refractivity contribution < 1.29 is 14.7 Å². The van der Waals surface area contributed by atoms with E-state index in [2.05, 4.69) is 26.2 Å². The molecule has 0 aliphatic carbocycles. The van der Waals surface area contributed by atoms with Crippen LogP contribution < -0.4 is 11.1 Å². The highest BCUT2D eigenvalue weighted by molar-refractivity contribution is 9.10. The number of rotatable bonds is 2. The highest BCUT2D eigenvalue weighted by Crippen LogP contribution is 2.22. The Morgan fingerprint density at radius 2 is 2.26 bits per heavy atom. The molecule has 0 aromatic carbocycles. The van der Waals surface area contributed by atoms with Gasteiger partial charge in [0.1, 0.15) is 16.5 Å². The standard InChI is InChI=1S/C11H13BrN4O3/c12-8-4-3-6(9(13)15-8)14-10(17)7-2-1-5-16(7)11(18)19/h3-4,7H,1-2,5H2,(H2,13,15)(H,14,17)(H,18,19)/t7-/m0/s1. The molecule has 7 nitrogen and oxygen atoms in total. The molecule has 1 aromatic heterocycles. The molecule has 1 aliphatic rings. The molecule has 0 unspecified atom stereocenters. The Kier molecular flexibility index (Phi) is 3.89. The summed E-state index contributed by atoms with van der Waals surface area (Å²) in [5.74, 6) is -0.196. The maximum Gasteiger partial charge on any atom is 0.407 e. The fourth-order valence-electron chi connectivity index (χ4n) is 2.04.